The molecule has 1 aromatic heterocycles. The fraction of sp³-hybridized carbons (Fsp3) is 0.267. The first-order valence-electron chi connectivity index (χ1n) is 6.52. The minimum Gasteiger partial charge on any atom is -0.463 e. The van der Waals surface area contributed by atoms with E-state index in [9.17, 15) is 4.79 Å². The van der Waals surface area contributed by atoms with Crippen molar-refractivity contribution in [3.63, 3.8) is 0 Å². The number of rotatable bonds is 4. The van der Waals surface area contributed by atoms with Crippen LogP contribution < -0.4 is 10.6 Å². The first-order chi connectivity index (χ1) is 10.0. The third kappa shape index (κ3) is 3.28. The summed E-state index contributed by atoms with van der Waals surface area (Å²) in [4.78, 5) is 21.6. The van der Waals surface area contributed by atoms with E-state index >= 15 is 0 Å². The summed E-state index contributed by atoms with van der Waals surface area (Å²) in [5.74, 6) is 0.129. The Balaban J connectivity index is 2.27. The Morgan fingerprint density at radius 3 is 2.81 bits per heavy atom. The number of methoxy groups -OCH3 is 1. The molecule has 0 aliphatic rings. The molecular formula is C15H18N4O2. The fourth-order valence-electron chi connectivity index (χ4n) is 1.98. The Hall–Kier alpha value is -2.63. The van der Waals surface area contributed by atoms with Crippen molar-refractivity contribution in [3.8, 4) is 0 Å². The van der Waals surface area contributed by atoms with Crippen LogP contribution in [-0.4, -0.2) is 30.1 Å². The maximum absolute atomic E-state index is 11.5. The SMILES string of the molecule is COC(=O)c1nccc(N(C)C(C)c2cccc(N)c2)n1. The van der Waals surface area contributed by atoms with E-state index in [0.29, 0.717) is 11.5 Å². The number of ether oxygens (including phenoxy) is 1. The van der Waals surface area contributed by atoms with E-state index in [2.05, 4.69) is 14.7 Å². The van der Waals surface area contributed by atoms with Crippen LogP contribution in [0.25, 0.3) is 0 Å². The molecule has 2 N–H and O–H groups in total. The third-order valence-electron chi connectivity index (χ3n) is 3.34. The Bertz CT molecular complexity index is 645. The molecule has 21 heavy (non-hydrogen) atoms. The summed E-state index contributed by atoms with van der Waals surface area (Å²) in [6.45, 7) is 2.04. The van der Waals surface area contributed by atoms with Crippen molar-refractivity contribution < 1.29 is 9.53 Å². The molecule has 0 spiro atoms. The van der Waals surface area contributed by atoms with Crippen LogP contribution >= 0.6 is 0 Å². The molecule has 1 heterocycles. The summed E-state index contributed by atoms with van der Waals surface area (Å²) in [5.41, 5.74) is 7.59. The second-order valence-corrected chi connectivity index (χ2v) is 4.69. The van der Waals surface area contributed by atoms with Gasteiger partial charge in [0.25, 0.3) is 0 Å². The zero-order chi connectivity index (χ0) is 15.4. The summed E-state index contributed by atoms with van der Waals surface area (Å²) in [6, 6.07) is 9.47. The summed E-state index contributed by atoms with van der Waals surface area (Å²) >= 11 is 0. The van der Waals surface area contributed by atoms with Gasteiger partial charge < -0.3 is 15.4 Å². The number of benzene rings is 1. The molecule has 6 nitrogen and oxygen atoms in total. The minimum absolute atomic E-state index is 0.0432. The summed E-state index contributed by atoms with van der Waals surface area (Å²) in [5, 5.41) is 0. The molecule has 0 fully saturated rings. The van der Waals surface area contributed by atoms with Gasteiger partial charge in [0, 0.05) is 18.9 Å². The van der Waals surface area contributed by atoms with Crippen molar-refractivity contribution in [2.24, 2.45) is 0 Å². The van der Waals surface area contributed by atoms with E-state index < -0.39 is 5.97 Å². The first kappa shape index (κ1) is 14.8. The van der Waals surface area contributed by atoms with Crippen LogP contribution in [0.5, 0.6) is 0 Å². The lowest BCUT2D eigenvalue weighted by atomic mass is 10.1. The van der Waals surface area contributed by atoms with Crippen molar-refractivity contribution in [3.05, 3.63) is 47.9 Å². The summed E-state index contributed by atoms with van der Waals surface area (Å²) < 4.78 is 4.63. The van der Waals surface area contributed by atoms with E-state index in [1.807, 2.05) is 43.1 Å². The van der Waals surface area contributed by atoms with Gasteiger partial charge in [0.15, 0.2) is 0 Å². The van der Waals surface area contributed by atoms with Gasteiger partial charge in [0.1, 0.15) is 5.82 Å². The van der Waals surface area contributed by atoms with Crippen molar-refractivity contribution in [2.75, 3.05) is 24.8 Å². The maximum Gasteiger partial charge on any atom is 0.376 e. The quantitative estimate of drug-likeness (QED) is 0.684. The van der Waals surface area contributed by atoms with E-state index in [-0.39, 0.29) is 11.9 Å². The molecule has 1 aromatic carbocycles. The number of hydrogen-bond donors (Lipinski definition) is 1. The van der Waals surface area contributed by atoms with Crippen LogP contribution in [0.3, 0.4) is 0 Å². The van der Waals surface area contributed by atoms with Crippen molar-refractivity contribution in [2.45, 2.75) is 13.0 Å². The first-order valence-corrected chi connectivity index (χ1v) is 6.52. The molecule has 110 valence electrons. The molecular weight excluding hydrogens is 268 g/mol. The van der Waals surface area contributed by atoms with Crippen molar-refractivity contribution >= 4 is 17.5 Å². The predicted molar refractivity (Wildman–Crippen MR) is 81.0 cm³/mol. The van der Waals surface area contributed by atoms with Gasteiger partial charge in [-0.3, -0.25) is 0 Å². The smallest absolute Gasteiger partial charge is 0.376 e. The molecule has 6 heteroatoms. The molecule has 0 aliphatic carbocycles. The zero-order valence-electron chi connectivity index (χ0n) is 12.3. The maximum atomic E-state index is 11.5. The van der Waals surface area contributed by atoms with Gasteiger partial charge in [0.2, 0.25) is 5.82 Å². The van der Waals surface area contributed by atoms with Gasteiger partial charge in [0.05, 0.1) is 13.2 Å². The summed E-state index contributed by atoms with van der Waals surface area (Å²) in [6.07, 6.45) is 1.54. The number of carbonyl (C=O) groups excluding carboxylic acids is 1. The number of aromatic nitrogens is 2. The molecule has 0 aliphatic heterocycles. The monoisotopic (exact) mass is 286 g/mol. The molecule has 0 saturated heterocycles. The van der Waals surface area contributed by atoms with E-state index in [1.54, 1.807) is 6.07 Å². The Morgan fingerprint density at radius 2 is 2.14 bits per heavy atom. The second kappa shape index (κ2) is 6.21. The number of hydrogen-bond acceptors (Lipinski definition) is 6. The number of anilines is 2. The molecule has 0 radical (unpaired) electrons. The Kier molecular flexibility index (Phi) is 4.37. The fourth-order valence-corrected chi connectivity index (χ4v) is 1.98. The van der Waals surface area contributed by atoms with Crippen LogP contribution in [0.1, 0.15) is 29.1 Å². The van der Waals surface area contributed by atoms with Crippen LogP contribution in [0.15, 0.2) is 36.5 Å². The molecule has 0 amide bonds. The van der Waals surface area contributed by atoms with Crippen molar-refractivity contribution in [1.29, 1.82) is 0 Å². The third-order valence-corrected chi connectivity index (χ3v) is 3.34. The highest BCUT2D eigenvalue weighted by Gasteiger charge is 2.16. The van der Waals surface area contributed by atoms with E-state index in [1.165, 1.54) is 13.3 Å². The van der Waals surface area contributed by atoms with Gasteiger partial charge in [-0.15, -0.1) is 0 Å². The molecule has 0 saturated carbocycles. The number of nitrogen functional groups attached to an aromatic ring is 1. The van der Waals surface area contributed by atoms with Crippen LogP contribution in [0.2, 0.25) is 0 Å². The Morgan fingerprint density at radius 1 is 1.38 bits per heavy atom. The van der Waals surface area contributed by atoms with Crippen LogP contribution in [0.4, 0.5) is 11.5 Å². The standard InChI is InChI=1S/C15H18N4O2/c1-10(11-5-4-6-12(16)9-11)19(2)13-7-8-17-14(18-13)15(20)21-3/h4-10H,16H2,1-3H3. The Labute approximate surface area is 123 Å². The predicted octanol–water partition coefficient (Wildman–Crippen LogP) is 2.04. The van der Waals surface area contributed by atoms with Gasteiger partial charge in [-0.05, 0) is 30.7 Å². The normalized spacial score (nSPS) is 11.8. The van der Waals surface area contributed by atoms with Gasteiger partial charge in [-0.1, -0.05) is 12.1 Å². The molecule has 0 bridgehead atoms. The number of carbonyl (C=O) groups is 1. The minimum atomic E-state index is -0.554. The molecule has 2 rings (SSSR count). The second-order valence-electron chi connectivity index (χ2n) is 4.69. The average Bonchev–Trinajstić information content (AvgIpc) is 2.52. The number of nitrogens with zero attached hydrogens (tertiary/aromatic N) is 3. The summed E-state index contributed by atoms with van der Waals surface area (Å²) in [7, 11) is 3.20. The molecule has 2 aromatic rings. The molecule has 1 unspecified atom stereocenters. The lowest BCUT2D eigenvalue weighted by Crippen LogP contribution is -2.23. The number of esters is 1. The van der Waals surface area contributed by atoms with E-state index in [4.69, 9.17) is 5.73 Å². The molecule has 1 atom stereocenters. The van der Waals surface area contributed by atoms with Gasteiger partial charge >= 0.3 is 5.97 Å². The van der Waals surface area contributed by atoms with Crippen LogP contribution in [-0.2, 0) is 4.74 Å². The van der Waals surface area contributed by atoms with Crippen LogP contribution in [0, 0.1) is 0 Å². The average molecular weight is 286 g/mol. The highest BCUT2D eigenvalue weighted by atomic mass is 16.5. The van der Waals surface area contributed by atoms with Gasteiger partial charge in [-0.25, -0.2) is 14.8 Å². The van der Waals surface area contributed by atoms with Gasteiger partial charge in [-0.2, -0.15) is 0 Å². The van der Waals surface area contributed by atoms with Crippen molar-refractivity contribution in [1.82, 2.24) is 9.97 Å². The lowest BCUT2D eigenvalue weighted by Gasteiger charge is -2.26. The number of nitrogens with two attached hydrogens (primary N) is 1. The van der Waals surface area contributed by atoms with E-state index in [0.717, 1.165) is 5.56 Å². The zero-order valence-corrected chi connectivity index (χ0v) is 12.3. The highest BCUT2D eigenvalue weighted by molar-refractivity contribution is 5.85. The topological polar surface area (TPSA) is 81.3 Å². The highest BCUT2D eigenvalue weighted by Crippen LogP contribution is 2.24. The largest absolute Gasteiger partial charge is 0.463 e. The lowest BCUT2D eigenvalue weighted by molar-refractivity contribution is 0.0586.